The zero-order chi connectivity index (χ0) is 19.4. The lowest BCUT2D eigenvalue weighted by molar-refractivity contribution is -0.159. The number of ether oxygens (including phenoxy) is 1. The van der Waals surface area contributed by atoms with Crippen molar-refractivity contribution in [3.63, 3.8) is 0 Å². The van der Waals surface area contributed by atoms with Gasteiger partial charge < -0.3 is 14.6 Å². The summed E-state index contributed by atoms with van der Waals surface area (Å²) in [6, 6.07) is 5.96. The third-order valence-electron chi connectivity index (χ3n) is 4.65. The van der Waals surface area contributed by atoms with Crippen LogP contribution in [0, 0.1) is 0 Å². The minimum Gasteiger partial charge on any atom is -0.379 e. The molecular weight excluding hydrogens is 363 g/mol. The summed E-state index contributed by atoms with van der Waals surface area (Å²) in [4.78, 5) is 15.8. The van der Waals surface area contributed by atoms with Crippen molar-refractivity contribution in [3.8, 4) is 11.4 Å². The van der Waals surface area contributed by atoms with Crippen LogP contribution in [0.25, 0.3) is 11.4 Å². The number of carbonyl (C=O) groups is 1. The number of nitrogens with zero attached hydrogens (tertiary/aromatic N) is 2. The average molecular weight is 383 g/mol. The van der Waals surface area contributed by atoms with Gasteiger partial charge in [0.1, 0.15) is 0 Å². The Morgan fingerprint density at radius 2 is 1.89 bits per heavy atom. The summed E-state index contributed by atoms with van der Waals surface area (Å²) in [5.41, 5.74) is 0.729. The first kappa shape index (κ1) is 19.3. The molecule has 0 radical (unpaired) electrons. The minimum atomic E-state index is -4.69. The number of hydrogen-bond donors (Lipinski definition) is 1. The van der Waals surface area contributed by atoms with Crippen molar-refractivity contribution >= 4 is 5.91 Å². The van der Waals surface area contributed by atoms with Crippen LogP contribution in [0.5, 0.6) is 0 Å². The largest absolute Gasteiger partial charge is 0.471 e. The fourth-order valence-corrected chi connectivity index (χ4v) is 3.20. The minimum absolute atomic E-state index is 0.0177. The van der Waals surface area contributed by atoms with E-state index in [4.69, 9.17) is 4.74 Å². The molecule has 1 aliphatic carbocycles. The molecule has 1 heterocycles. The van der Waals surface area contributed by atoms with E-state index in [2.05, 4.69) is 20.0 Å². The number of rotatable bonds is 4. The van der Waals surface area contributed by atoms with Crippen LogP contribution in [0.15, 0.2) is 28.8 Å². The Hall–Kier alpha value is -2.42. The number of hydrogen-bond acceptors (Lipinski definition) is 5. The fraction of sp³-hybridized carbons (Fsp3) is 0.500. The van der Waals surface area contributed by atoms with E-state index in [1.807, 2.05) is 0 Å². The van der Waals surface area contributed by atoms with E-state index in [9.17, 15) is 18.0 Å². The van der Waals surface area contributed by atoms with E-state index >= 15 is 0 Å². The Kier molecular flexibility index (Phi) is 5.79. The molecular formula is C18H20F3N3O3. The van der Waals surface area contributed by atoms with Gasteiger partial charge in [0.15, 0.2) is 0 Å². The Labute approximate surface area is 154 Å². The molecule has 146 valence electrons. The Balaban J connectivity index is 1.69. The average Bonchev–Trinajstić information content (AvgIpc) is 3.05. The van der Waals surface area contributed by atoms with Gasteiger partial charge in [-0.1, -0.05) is 36.6 Å². The monoisotopic (exact) mass is 383 g/mol. The maximum Gasteiger partial charge on any atom is 0.471 e. The van der Waals surface area contributed by atoms with E-state index in [0.29, 0.717) is 11.1 Å². The molecule has 6 nitrogen and oxygen atoms in total. The zero-order valence-electron chi connectivity index (χ0n) is 14.8. The summed E-state index contributed by atoms with van der Waals surface area (Å²) in [6.07, 6.45) is 0.266. The molecule has 2 atom stereocenters. The first-order valence-corrected chi connectivity index (χ1v) is 8.73. The van der Waals surface area contributed by atoms with Crippen molar-refractivity contribution in [1.82, 2.24) is 15.5 Å². The number of benzene rings is 1. The van der Waals surface area contributed by atoms with Crippen LogP contribution in [0.4, 0.5) is 13.2 Å². The number of nitrogens with one attached hydrogen (secondary N) is 1. The van der Waals surface area contributed by atoms with Crippen molar-refractivity contribution in [2.24, 2.45) is 0 Å². The molecule has 1 aromatic heterocycles. The fourth-order valence-electron chi connectivity index (χ4n) is 3.20. The molecule has 1 aromatic carbocycles. The van der Waals surface area contributed by atoms with Gasteiger partial charge in [0.2, 0.25) is 5.82 Å². The second kappa shape index (κ2) is 8.08. The van der Waals surface area contributed by atoms with Crippen LogP contribution in [0.2, 0.25) is 0 Å². The van der Waals surface area contributed by atoms with Gasteiger partial charge in [0.05, 0.1) is 12.1 Å². The van der Waals surface area contributed by atoms with Gasteiger partial charge in [-0.05, 0) is 25.0 Å². The number of methoxy groups -OCH3 is 1. The molecule has 1 saturated carbocycles. The van der Waals surface area contributed by atoms with Gasteiger partial charge in [-0.2, -0.15) is 18.2 Å². The molecule has 0 spiro atoms. The van der Waals surface area contributed by atoms with Gasteiger partial charge in [-0.25, -0.2) is 0 Å². The van der Waals surface area contributed by atoms with Crippen molar-refractivity contribution in [2.75, 3.05) is 7.11 Å². The van der Waals surface area contributed by atoms with Gasteiger partial charge in [0.25, 0.3) is 5.91 Å². The van der Waals surface area contributed by atoms with Crippen LogP contribution in [0.1, 0.15) is 48.4 Å². The molecule has 27 heavy (non-hydrogen) atoms. The second-order valence-electron chi connectivity index (χ2n) is 6.49. The first-order chi connectivity index (χ1) is 12.9. The molecule has 3 rings (SSSR count). The number of alkyl halides is 3. The molecule has 0 unspecified atom stereocenters. The molecule has 0 saturated heterocycles. The lowest BCUT2D eigenvalue weighted by atomic mass is 10.0. The van der Waals surface area contributed by atoms with Gasteiger partial charge in [-0.15, -0.1) is 0 Å². The summed E-state index contributed by atoms with van der Waals surface area (Å²) in [7, 11) is 1.64. The summed E-state index contributed by atoms with van der Waals surface area (Å²) in [5.74, 6) is -1.84. The van der Waals surface area contributed by atoms with Crippen LogP contribution in [-0.4, -0.2) is 35.3 Å². The van der Waals surface area contributed by atoms with Gasteiger partial charge in [0, 0.05) is 18.2 Å². The number of halogens is 3. The lowest BCUT2D eigenvalue weighted by Gasteiger charge is -2.25. The van der Waals surface area contributed by atoms with E-state index in [0.717, 1.165) is 32.1 Å². The highest BCUT2D eigenvalue weighted by Gasteiger charge is 2.38. The molecule has 1 aliphatic rings. The van der Waals surface area contributed by atoms with Crippen LogP contribution in [0.3, 0.4) is 0 Å². The predicted molar refractivity (Wildman–Crippen MR) is 89.9 cm³/mol. The van der Waals surface area contributed by atoms with Gasteiger partial charge in [-0.3, -0.25) is 4.79 Å². The highest BCUT2D eigenvalue weighted by atomic mass is 19.4. The van der Waals surface area contributed by atoms with Crippen LogP contribution < -0.4 is 5.32 Å². The van der Waals surface area contributed by atoms with Crippen LogP contribution >= 0.6 is 0 Å². The van der Waals surface area contributed by atoms with Crippen molar-refractivity contribution in [3.05, 3.63) is 35.7 Å². The Morgan fingerprint density at radius 3 is 2.52 bits per heavy atom. The van der Waals surface area contributed by atoms with Crippen molar-refractivity contribution < 1.29 is 27.2 Å². The lowest BCUT2D eigenvalue weighted by Crippen LogP contribution is -2.43. The quantitative estimate of drug-likeness (QED) is 0.812. The SMILES string of the molecule is CO[C@H]1CCCCC[C@@H]1NC(=O)c1ccc(-c2noc(C(F)(F)F)n2)cc1. The number of aromatic nitrogens is 2. The van der Waals surface area contributed by atoms with E-state index < -0.39 is 12.1 Å². The molecule has 9 heteroatoms. The Morgan fingerprint density at radius 1 is 1.19 bits per heavy atom. The predicted octanol–water partition coefficient (Wildman–Crippen LogP) is 3.83. The normalized spacial score (nSPS) is 20.9. The topological polar surface area (TPSA) is 77.2 Å². The van der Waals surface area contributed by atoms with Gasteiger partial charge >= 0.3 is 12.1 Å². The molecule has 0 aliphatic heterocycles. The maximum absolute atomic E-state index is 12.5. The standard InChI is InChI=1S/C18H20F3N3O3/c1-26-14-6-4-2-3-5-13(14)22-16(25)12-9-7-11(8-10-12)15-23-17(27-24-15)18(19,20)21/h7-10,13-14H,2-6H2,1H3,(H,22,25)/t13-,14-/m0/s1. The highest BCUT2D eigenvalue weighted by Crippen LogP contribution is 2.29. The van der Waals surface area contributed by atoms with E-state index in [-0.39, 0.29) is 23.9 Å². The first-order valence-electron chi connectivity index (χ1n) is 8.73. The van der Waals surface area contributed by atoms with E-state index in [1.54, 1.807) is 7.11 Å². The van der Waals surface area contributed by atoms with Crippen LogP contribution in [-0.2, 0) is 10.9 Å². The molecule has 1 N–H and O–H groups in total. The maximum atomic E-state index is 12.5. The third kappa shape index (κ3) is 4.65. The number of amides is 1. The summed E-state index contributed by atoms with van der Waals surface area (Å²) >= 11 is 0. The smallest absolute Gasteiger partial charge is 0.379 e. The molecule has 1 amide bonds. The number of carbonyl (C=O) groups excluding carboxylic acids is 1. The summed E-state index contributed by atoms with van der Waals surface area (Å²) in [6.45, 7) is 0. The summed E-state index contributed by atoms with van der Waals surface area (Å²) in [5, 5.41) is 6.33. The Bertz CT molecular complexity index is 774. The molecule has 2 aromatic rings. The third-order valence-corrected chi connectivity index (χ3v) is 4.65. The zero-order valence-corrected chi connectivity index (χ0v) is 14.8. The summed E-state index contributed by atoms with van der Waals surface area (Å²) < 4.78 is 47.3. The highest BCUT2D eigenvalue weighted by molar-refractivity contribution is 5.94. The van der Waals surface area contributed by atoms with Crippen molar-refractivity contribution in [2.45, 2.75) is 50.4 Å². The van der Waals surface area contributed by atoms with Crippen molar-refractivity contribution in [1.29, 1.82) is 0 Å². The molecule has 0 bridgehead atoms. The second-order valence-corrected chi connectivity index (χ2v) is 6.49. The van der Waals surface area contributed by atoms with E-state index in [1.165, 1.54) is 24.3 Å². The molecule has 1 fully saturated rings.